The smallest absolute Gasteiger partial charge is 0.416 e. The van der Waals surface area contributed by atoms with Crippen LogP contribution in [0.5, 0.6) is 5.75 Å². The van der Waals surface area contributed by atoms with Gasteiger partial charge in [-0.05, 0) is 42.5 Å². The van der Waals surface area contributed by atoms with Crippen LogP contribution in [0, 0.1) is 0 Å². The van der Waals surface area contributed by atoms with E-state index < -0.39 is 11.7 Å². The quantitative estimate of drug-likeness (QED) is 0.711. The molecule has 0 bridgehead atoms. The molecule has 0 N–H and O–H groups in total. The monoisotopic (exact) mass is 442 g/mol. The number of carbonyl (C=O) groups excluding carboxylic acids is 1. The van der Waals surface area contributed by atoms with Crippen LogP contribution in [0.25, 0.3) is 0 Å². The molecule has 1 saturated heterocycles. The highest BCUT2D eigenvalue weighted by Crippen LogP contribution is 2.31. The first-order chi connectivity index (χ1) is 12.8. The molecule has 0 radical (unpaired) electrons. The first-order valence-electron chi connectivity index (χ1n) is 8.41. The molecule has 1 fully saturated rings. The number of carbonyl (C=O) groups is 1. The Morgan fingerprint density at radius 2 is 1.70 bits per heavy atom. The van der Waals surface area contributed by atoms with E-state index >= 15 is 0 Å². The minimum atomic E-state index is -4.36. The first-order valence-corrected chi connectivity index (χ1v) is 9.20. The second kappa shape index (κ2) is 8.21. The fourth-order valence-corrected chi connectivity index (χ4v) is 3.12. The molecule has 27 heavy (non-hydrogen) atoms. The number of halogens is 4. The Morgan fingerprint density at radius 3 is 2.33 bits per heavy atom. The van der Waals surface area contributed by atoms with Gasteiger partial charge in [0.05, 0.1) is 5.56 Å². The summed E-state index contributed by atoms with van der Waals surface area (Å²) in [5.74, 6) is 0.468. The summed E-state index contributed by atoms with van der Waals surface area (Å²) in [4.78, 5) is 15.8. The lowest BCUT2D eigenvalue weighted by atomic mass is 10.1. The van der Waals surface area contributed by atoms with Crippen molar-refractivity contribution in [2.45, 2.75) is 6.18 Å². The zero-order chi connectivity index (χ0) is 19.4. The third-order valence-corrected chi connectivity index (χ3v) is 4.88. The Labute approximate surface area is 163 Å². The predicted octanol–water partition coefficient (Wildman–Crippen LogP) is 4.20. The van der Waals surface area contributed by atoms with Gasteiger partial charge in [0.1, 0.15) is 5.75 Å². The van der Waals surface area contributed by atoms with Gasteiger partial charge < -0.3 is 14.5 Å². The van der Waals surface area contributed by atoms with Crippen LogP contribution in [0.15, 0.2) is 53.0 Å². The summed E-state index contributed by atoms with van der Waals surface area (Å²) in [6.07, 6.45) is -4.36. The summed E-state index contributed by atoms with van der Waals surface area (Å²) in [7, 11) is 0. The zero-order valence-corrected chi connectivity index (χ0v) is 16.0. The van der Waals surface area contributed by atoms with Crippen molar-refractivity contribution in [3.8, 4) is 5.75 Å². The van der Waals surface area contributed by atoms with Crippen molar-refractivity contribution in [2.24, 2.45) is 0 Å². The normalized spacial score (nSPS) is 15.0. The average Bonchev–Trinajstić information content (AvgIpc) is 2.67. The number of ether oxygens (including phenoxy) is 1. The molecule has 1 amide bonds. The highest BCUT2D eigenvalue weighted by molar-refractivity contribution is 9.10. The van der Waals surface area contributed by atoms with Crippen LogP contribution in [0.3, 0.4) is 0 Å². The Hall–Kier alpha value is -2.22. The summed E-state index contributed by atoms with van der Waals surface area (Å²) in [5.41, 5.74) is -0.149. The van der Waals surface area contributed by atoms with Crippen LogP contribution in [0.4, 0.5) is 18.9 Å². The molecule has 144 valence electrons. The standard InChI is InChI=1S/C19H18BrF3N2O2/c20-15-4-6-17(7-5-15)27-13-18(26)25-10-8-24(9-11-25)16-3-1-2-14(12-16)19(21,22)23/h1-7,12H,8-11,13H2. The van der Waals surface area contributed by atoms with Crippen LogP contribution in [-0.2, 0) is 11.0 Å². The molecule has 2 aromatic rings. The Bertz CT molecular complexity index is 788. The molecule has 0 atom stereocenters. The summed E-state index contributed by atoms with van der Waals surface area (Å²) in [5, 5.41) is 0. The summed E-state index contributed by atoms with van der Waals surface area (Å²) in [6.45, 7) is 1.78. The minimum Gasteiger partial charge on any atom is -0.484 e. The van der Waals surface area contributed by atoms with E-state index in [-0.39, 0.29) is 12.5 Å². The van der Waals surface area contributed by atoms with Crippen molar-refractivity contribution < 1.29 is 22.7 Å². The molecule has 0 spiro atoms. The van der Waals surface area contributed by atoms with Crippen LogP contribution >= 0.6 is 15.9 Å². The van der Waals surface area contributed by atoms with Gasteiger partial charge in [0.25, 0.3) is 5.91 Å². The van der Waals surface area contributed by atoms with Gasteiger partial charge in [0, 0.05) is 36.3 Å². The van der Waals surface area contributed by atoms with Gasteiger partial charge in [-0.2, -0.15) is 13.2 Å². The largest absolute Gasteiger partial charge is 0.484 e. The van der Waals surface area contributed by atoms with Crippen LogP contribution in [-0.4, -0.2) is 43.6 Å². The number of alkyl halides is 3. The van der Waals surface area contributed by atoms with E-state index in [1.807, 2.05) is 17.0 Å². The van der Waals surface area contributed by atoms with Crippen molar-refractivity contribution in [3.05, 3.63) is 58.6 Å². The molecule has 1 heterocycles. The Morgan fingerprint density at radius 1 is 1.04 bits per heavy atom. The Balaban J connectivity index is 1.52. The van der Waals surface area contributed by atoms with E-state index in [1.165, 1.54) is 6.07 Å². The highest BCUT2D eigenvalue weighted by Gasteiger charge is 2.31. The second-order valence-corrected chi connectivity index (χ2v) is 7.07. The van der Waals surface area contributed by atoms with Crippen molar-refractivity contribution in [2.75, 3.05) is 37.7 Å². The van der Waals surface area contributed by atoms with Gasteiger partial charge in [0.2, 0.25) is 0 Å². The number of hydrogen-bond acceptors (Lipinski definition) is 3. The SMILES string of the molecule is O=C(COc1ccc(Br)cc1)N1CCN(c2cccc(C(F)(F)F)c2)CC1. The number of rotatable bonds is 4. The molecule has 0 saturated carbocycles. The van der Waals surface area contributed by atoms with Crippen molar-refractivity contribution >= 4 is 27.5 Å². The third kappa shape index (κ3) is 5.15. The molecule has 8 heteroatoms. The lowest BCUT2D eigenvalue weighted by Crippen LogP contribution is -2.50. The van der Waals surface area contributed by atoms with Crippen molar-refractivity contribution in [3.63, 3.8) is 0 Å². The summed E-state index contributed by atoms with van der Waals surface area (Å²) in [6, 6.07) is 12.5. The van der Waals surface area contributed by atoms with E-state index in [0.29, 0.717) is 37.6 Å². The maximum absolute atomic E-state index is 12.9. The van der Waals surface area contributed by atoms with Crippen LogP contribution < -0.4 is 9.64 Å². The van der Waals surface area contributed by atoms with E-state index in [1.54, 1.807) is 23.1 Å². The second-order valence-electron chi connectivity index (χ2n) is 6.16. The lowest BCUT2D eigenvalue weighted by molar-refractivity contribution is -0.137. The van der Waals surface area contributed by atoms with Gasteiger partial charge in [-0.3, -0.25) is 4.79 Å². The number of benzene rings is 2. The molecular formula is C19H18BrF3N2O2. The number of hydrogen-bond donors (Lipinski definition) is 0. The van der Waals surface area contributed by atoms with E-state index in [0.717, 1.165) is 16.6 Å². The summed E-state index contributed by atoms with van der Waals surface area (Å²) < 4.78 is 45.0. The van der Waals surface area contributed by atoms with Gasteiger partial charge in [-0.1, -0.05) is 22.0 Å². The molecule has 0 aromatic heterocycles. The van der Waals surface area contributed by atoms with E-state index in [2.05, 4.69) is 15.9 Å². The summed E-state index contributed by atoms with van der Waals surface area (Å²) >= 11 is 3.33. The van der Waals surface area contributed by atoms with Crippen LogP contribution in [0.2, 0.25) is 0 Å². The Kier molecular flexibility index (Phi) is 5.94. The average molecular weight is 443 g/mol. The number of piperazine rings is 1. The first kappa shape index (κ1) is 19.5. The molecule has 0 aliphatic carbocycles. The molecule has 2 aromatic carbocycles. The van der Waals surface area contributed by atoms with Crippen LogP contribution in [0.1, 0.15) is 5.56 Å². The highest BCUT2D eigenvalue weighted by atomic mass is 79.9. The van der Waals surface area contributed by atoms with E-state index in [9.17, 15) is 18.0 Å². The fourth-order valence-electron chi connectivity index (χ4n) is 2.86. The van der Waals surface area contributed by atoms with Gasteiger partial charge in [0.15, 0.2) is 6.61 Å². The zero-order valence-electron chi connectivity index (χ0n) is 14.4. The lowest BCUT2D eigenvalue weighted by Gasteiger charge is -2.36. The van der Waals surface area contributed by atoms with Crippen molar-refractivity contribution in [1.82, 2.24) is 4.90 Å². The van der Waals surface area contributed by atoms with Gasteiger partial charge >= 0.3 is 6.18 Å². The number of nitrogens with zero attached hydrogens (tertiary/aromatic N) is 2. The third-order valence-electron chi connectivity index (χ3n) is 4.35. The number of amides is 1. The molecule has 3 rings (SSSR count). The van der Waals surface area contributed by atoms with E-state index in [4.69, 9.17) is 4.74 Å². The molecular weight excluding hydrogens is 425 g/mol. The fraction of sp³-hybridized carbons (Fsp3) is 0.316. The molecule has 1 aliphatic heterocycles. The topological polar surface area (TPSA) is 32.8 Å². The minimum absolute atomic E-state index is 0.0643. The maximum atomic E-state index is 12.9. The van der Waals surface area contributed by atoms with Gasteiger partial charge in [-0.15, -0.1) is 0 Å². The van der Waals surface area contributed by atoms with Crippen molar-refractivity contribution in [1.29, 1.82) is 0 Å². The van der Waals surface area contributed by atoms with Gasteiger partial charge in [-0.25, -0.2) is 0 Å². The number of anilines is 1. The molecule has 1 aliphatic rings. The predicted molar refractivity (Wildman–Crippen MR) is 99.9 cm³/mol. The maximum Gasteiger partial charge on any atom is 0.416 e. The molecule has 4 nitrogen and oxygen atoms in total. The molecule has 0 unspecified atom stereocenters.